The lowest BCUT2D eigenvalue weighted by molar-refractivity contribution is -0.0327. The van der Waals surface area contributed by atoms with Gasteiger partial charge in [-0.05, 0) is 0 Å². The van der Waals surface area contributed by atoms with Crippen molar-refractivity contribution in [3.63, 3.8) is 0 Å². The van der Waals surface area contributed by atoms with Gasteiger partial charge in [0.15, 0.2) is 0 Å². The highest BCUT2D eigenvalue weighted by Gasteiger charge is 2.41. The van der Waals surface area contributed by atoms with Crippen molar-refractivity contribution in [1.82, 2.24) is 0 Å². The molecule has 1 rings (SSSR count). The number of rotatable bonds is 5. The third kappa shape index (κ3) is 3.18. The van der Waals surface area contributed by atoms with Crippen molar-refractivity contribution >= 4 is 7.85 Å². The topological polar surface area (TPSA) is 71.7 Å². The highest BCUT2D eigenvalue weighted by Crippen LogP contribution is 2.22. The first-order valence-electron chi connectivity index (χ1n) is 4.77. The molecule has 0 saturated carbocycles. The molecular weight excluding hydrogens is 197 g/mol. The van der Waals surface area contributed by atoms with E-state index in [0.29, 0.717) is 0 Å². The van der Waals surface area contributed by atoms with Crippen molar-refractivity contribution in [2.24, 2.45) is 0 Å². The van der Waals surface area contributed by atoms with Gasteiger partial charge in [-0.25, -0.2) is 0 Å². The van der Waals surface area contributed by atoms with Crippen LogP contribution in [0.25, 0.3) is 0 Å². The van der Waals surface area contributed by atoms with E-state index < -0.39 is 24.3 Å². The van der Waals surface area contributed by atoms with E-state index in [2.05, 4.69) is 0 Å². The third-order valence-electron chi connectivity index (χ3n) is 2.23. The Bertz CT molecular complexity index is 233. The van der Waals surface area contributed by atoms with Crippen LogP contribution in [0, 0.1) is 11.3 Å². The summed E-state index contributed by atoms with van der Waals surface area (Å²) >= 11 is 0. The number of aliphatic hydroxyl groups excluding tert-OH is 1. The molecule has 0 bridgehead atoms. The van der Waals surface area contributed by atoms with Gasteiger partial charge in [-0.1, -0.05) is 0 Å². The van der Waals surface area contributed by atoms with Crippen LogP contribution in [0.3, 0.4) is 0 Å². The van der Waals surface area contributed by atoms with Crippen LogP contribution in [0.1, 0.15) is 6.42 Å². The monoisotopic (exact) mass is 211 g/mol. The lowest BCUT2D eigenvalue weighted by Gasteiger charge is -2.18. The molecule has 0 aliphatic carbocycles. The second kappa shape index (κ2) is 6.08. The molecule has 6 heteroatoms. The standard InChI is InChI=1S/C9H14BNO4/c1-13-5-6-7(12)8(9(10)15-6)14-4-2-3-11/h6-9,12H,2,4-5H2,1H3/t6-,7?,8+,9-/m1/s1. The summed E-state index contributed by atoms with van der Waals surface area (Å²) < 4.78 is 15.4. The quantitative estimate of drug-likeness (QED) is 0.475. The van der Waals surface area contributed by atoms with Crippen molar-refractivity contribution in [3.05, 3.63) is 0 Å². The molecule has 0 aromatic carbocycles. The van der Waals surface area contributed by atoms with E-state index in [1.54, 1.807) is 0 Å². The van der Waals surface area contributed by atoms with E-state index in [9.17, 15) is 5.11 Å². The number of nitriles is 1. The minimum Gasteiger partial charge on any atom is -0.388 e. The summed E-state index contributed by atoms with van der Waals surface area (Å²) in [7, 11) is 7.15. The second-order valence-electron chi connectivity index (χ2n) is 3.33. The van der Waals surface area contributed by atoms with E-state index in [1.165, 1.54) is 7.11 Å². The fraction of sp³-hybridized carbons (Fsp3) is 0.889. The summed E-state index contributed by atoms with van der Waals surface area (Å²) in [6, 6.07) is 1.28. The average molecular weight is 211 g/mol. The van der Waals surface area contributed by atoms with Crippen molar-refractivity contribution in [1.29, 1.82) is 5.26 Å². The van der Waals surface area contributed by atoms with Crippen LogP contribution in [0.15, 0.2) is 0 Å². The van der Waals surface area contributed by atoms with Crippen LogP contribution in [0.5, 0.6) is 0 Å². The normalized spacial score (nSPS) is 35.3. The van der Waals surface area contributed by atoms with Crippen LogP contribution >= 0.6 is 0 Å². The molecule has 1 N–H and O–H groups in total. The van der Waals surface area contributed by atoms with Crippen molar-refractivity contribution in [2.45, 2.75) is 30.7 Å². The van der Waals surface area contributed by atoms with Gasteiger partial charge < -0.3 is 19.3 Å². The Morgan fingerprint density at radius 3 is 2.93 bits per heavy atom. The molecule has 0 aromatic heterocycles. The summed E-state index contributed by atoms with van der Waals surface area (Å²) in [5.74, 6) is 0. The molecule has 0 amide bonds. The second-order valence-corrected chi connectivity index (χ2v) is 3.33. The van der Waals surface area contributed by atoms with Crippen molar-refractivity contribution < 1.29 is 19.3 Å². The smallest absolute Gasteiger partial charge is 0.112 e. The zero-order valence-electron chi connectivity index (χ0n) is 8.63. The Morgan fingerprint density at radius 2 is 2.33 bits per heavy atom. The molecule has 4 atom stereocenters. The minimum atomic E-state index is -0.807. The van der Waals surface area contributed by atoms with Gasteiger partial charge in [0.05, 0.1) is 25.7 Å². The zero-order valence-corrected chi connectivity index (χ0v) is 8.63. The summed E-state index contributed by atoms with van der Waals surface area (Å²) in [5.41, 5.74) is 0. The number of nitrogens with zero attached hydrogens (tertiary/aromatic N) is 1. The maximum absolute atomic E-state index is 9.76. The summed E-state index contributed by atoms with van der Waals surface area (Å²) in [6.45, 7) is 0.516. The molecule has 1 aliphatic heterocycles. The van der Waals surface area contributed by atoms with E-state index in [0.717, 1.165) is 0 Å². The fourth-order valence-electron chi connectivity index (χ4n) is 1.50. The van der Waals surface area contributed by atoms with Gasteiger partial charge in [0.25, 0.3) is 0 Å². The lowest BCUT2D eigenvalue weighted by atomic mass is 9.93. The molecule has 1 fully saturated rings. The Hall–Kier alpha value is -0.605. The van der Waals surface area contributed by atoms with Gasteiger partial charge in [-0.15, -0.1) is 0 Å². The maximum Gasteiger partial charge on any atom is 0.112 e. The molecule has 0 spiro atoms. The van der Waals surface area contributed by atoms with Crippen molar-refractivity contribution in [3.8, 4) is 6.07 Å². The Balaban J connectivity index is 2.40. The first-order chi connectivity index (χ1) is 7.20. The van der Waals surface area contributed by atoms with Crippen molar-refractivity contribution in [2.75, 3.05) is 20.3 Å². The van der Waals surface area contributed by atoms with Crippen LogP contribution < -0.4 is 0 Å². The Kier molecular flexibility index (Phi) is 5.05. The summed E-state index contributed by atoms with van der Waals surface area (Å²) in [4.78, 5) is 0. The first kappa shape index (κ1) is 12.5. The molecule has 15 heavy (non-hydrogen) atoms. The number of methoxy groups -OCH3 is 1. The molecule has 1 saturated heterocycles. The zero-order chi connectivity index (χ0) is 11.3. The van der Waals surface area contributed by atoms with E-state index >= 15 is 0 Å². The highest BCUT2D eigenvalue weighted by atomic mass is 16.6. The number of aliphatic hydroxyl groups is 1. The largest absolute Gasteiger partial charge is 0.388 e. The van der Waals surface area contributed by atoms with Gasteiger partial charge in [0.1, 0.15) is 26.2 Å². The van der Waals surface area contributed by atoms with E-state index in [1.807, 2.05) is 6.07 Å². The molecule has 82 valence electrons. The van der Waals surface area contributed by atoms with E-state index in [-0.39, 0.29) is 19.6 Å². The van der Waals surface area contributed by atoms with Crippen LogP contribution in [-0.2, 0) is 14.2 Å². The van der Waals surface area contributed by atoms with Gasteiger partial charge in [0.2, 0.25) is 0 Å². The first-order valence-corrected chi connectivity index (χ1v) is 4.77. The van der Waals surface area contributed by atoms with Crippen LogP contribution in [0.2, 0.25) is 0 Å². The molecule has 5 nitrogen and oxygen atoms in total. The molecular formula is C9H14BNO4. The molecule has 1 aliphatic rings. The van der Waals surface area contributed by atoms with Gasteiger partial charge in [0, 0.05) is 13.1 Å². The molecule has 1 unspecified atom stereocenters. The SMILES string of the molecule is [B][C@@H]1O[C@H](COC)C(O)[C@@H]1OCCC#N. The maximum atomic E-state index is 9.76. The van der Waals surface area contributed by atoms with Gasteiger partial charge in [-0.2, -0.15) is 5.26 Å². The number of hydrogen-bond donors (Lipinski definition) is 1. The number of ether oxygens (including phenoxy) is 3. The Morgan fingerprint density at radius 1 is 1.60 bits per heavy atom. The molecule has 2 radical (unpaired) electrons. The van der Waals surface area contributed by atoms with Crippen LogP contribution in [-0.4, -0.2) is 57.6 Å². The Labute approximate surface area is 90.3 Å². The molecule has 1 heterocycles. The summed E-state index contributed by atoms with van der Waals surface area (Å²) in [6.07, 6.45) is -1.58. The minimum absolute atomic E-state index is 0.245. The van der Waals surface area contributed by atoms with Crippen LogP contribution in [0.4, 0.5) is 0 Å². The molecule has 0 aromatic rings. The lowest BCUT2D eigenvalue weighted by Crippen LogP contribution is -2.37. The average Bonchev–Trinajstić information content (AvgIpc) is 2.46. The predicted octanol–water partition coefficient (Wildman–Crippen LogP) is -0.814. The highest BCUT2D eigenvalue weighted by molar-refractivity contribution is 6.11. The fourth-order valence-corrected chi connectivity index (χ4v) is 1.50. The van der Waals surface area contributed by atoms with Gasteiger partial charge in [-0.3, -0.25) is 0 Å². The predicted molar refractivity (Wildman–Crippen MR) is 52.3 cm³/mol. The number of hydrogen-bond acceptors (Lipinski definition) is 5. The summed E-state index contributed by atoms with van der Waals surface area (Å²) in [5, 5.41) is 18.1. The van der Waals surface area contributed by atoms with Gasteiger partial charge >= 0.3 is 0 Å². The van der Waals surface area contributed by atoms with E-state index in [4.69, 9.17) is 27.3 Å². The third-order valence-corrected chi connectivity index (χ3v) is 2.23.